The van der Waals surface area contributed by atoms with Crippen molar-refractivity contribution in [3.8, 4) is 11.1 Å². The Hall–Kier alpha value is -1.67. The maximum Gasteiger partial charge on any atom is 0.124 e. The number of nitrogens with two attached hydrogens (primary N) is 1. The lowest BCUT2D eigenvalue weighted by atomic mass is 9.99. The van der Waals surface area contributed by atoms with Gasteiger partial charge in [-0.05, 0) is 48.7 Å². The second kappa shape index (κ2) is 4.68. The molecule has 0 aromatic heterocycles. The lowest BCUT2D eigenvalue weighted by molar-refractivity contribution is 0.626. The van der Waals surface area contributed by atoms with Crippen LogP contribution in [0.5, 0.6) is 0 Å². The standard InChI is InChI=1S/C15H16FN/c1-10-3-11(2)5-13(4-10)14-6-12(9-17)7-15(16)8-14/h3-8H,9,17H2,1-2H3. The van der Waals surface area contributed by atoms with Crippen molar-refractivity contribution in [3.05, 3.63) is 58.9 Å². The maximum absolute atomic E-state index is 13.4. The van der Waals surface area contributed by atoms with Gasteiger partial charge in [0.1, 0.15) is 5.82 Å². The van der Waals surface area contributed by atoms with Crippen molar-refractivity contribution in [2.75, 3.05) is 0 Å². The van der Waals surface area contributed by atoms with Gasteiger partial charge in [0.2, 0.25) is 0 Å². The Labute approximate surface area is 101 Å². The average Bonchev–Trinajstić information content (AvgIpc) is 2.26. The highest BCUT2D eigenvalue weighted by Crippen LogP contribution is 2.24. The van der Waals surface area contributed by atoms with Crippen molar-refractivity contribution in [2.24, 2.45) is 5.73 Å². The first-order valence-corrected chi connectivity index (χ1v) is 5.66. The van der Waals surface area contributed by atoms with Crippen molar-refractivity contribution < 1.29 is 4.39 Å². The minimum absolute atomic E-state index is 0.234. The smallest absolute Gasteiger partial charge is 0.124 e. The summed E-state index contributed by atoms with van der Waals surface area (Å²) in [7, 11) is 0. The van der Waals surface area contributed by atoms with Gasteiger partial charge in [-0.3, -0.25) is 0 Å². The quantitative estimate of drug-likeness (QED) is 0.837. The van der Waals surface area contributed by atoms with E-state index in [4.69, 9.17) is 5.73 Å². The van der Waals surface area contributed by atoms with Crippen molar-refractivity contribution >= 4 is 0 Å². The molecule has 0 amide bonds. The largest absolute Gasteiger partial charge is 0.326 e. The summed E-state index contributed by atoms with van der Waals surface area (Å²) in [4.78, 5) is 0. The molecule has 0 atom stereocenters. The van der Waals surface area contributed by atoms with Gasteiger partial charge in [0.25, 0.3) is 0 Å². The van der Waals surface area contributed by atoms with Gasteiger partial charge in [-0.2, -0.15) is 0 Å². The lowest BCUT2D eigenvalue weighted by Gasteiger charge is -2.07. The van der Waals surface area contributed by atoms with Crippen LogP contribution in [-0.4, -0.2) is 0 Å². The Balaban J connectivity index is 2.55. The van der Waals surface area contributed by atoms with E-state index in [1.54, 1.807) is 6.07 Å². The van der Waals surface area contributed by atoms with E-state index in [2.05, 4.69) is 18.2 Å². The van der Waals surface area contributed by atoms with E-state index >= 15 is 0 Å². The van der Waals surface area contributed by atoms with Crippen LogP contribution in [0.25, 0.3) is 11.1 Å². The van der Waals surface area contributed by atoms with Gasteiger partial charge in [0.05, 0.1) is 0 Å². The molecule has 2 aromatic rings. The zero-order valence-electron chi connectivity index (χ0n) is 10.1. The minimum Gasteiger partial charge on any atom is -0.326 e. The first-order chi connectivity index (χ1) is 8.08. The number of benzene rings is 2. The zero-order valence-corrected chi connectivity index (χ0v) is 10.1. The van der Waals surface area contributed by atoms with Gasteiger partial charge in [-0.1, -0.05) is 29.3 Å². The van der Waals surface area contributed by atoms with Crippen molar-refractivity contribution in [1.82, 2.24) is 0 Å². The molecule has 0 aliphatic heterocycles. The van der Waals surface area contributed by atoms with E-state index in [1.165, 1.54) is 17.2 Å². The highest BCUT2D eigenvalue weighted by molar-refractivity contribution is 5.66. The monoisotopic (exact) mass is 229 g/mol. The van der Waals surface area contributed by atoms with E-state index in [9.17, 15) is 4.39 Å². The van der Waals surface area contributed by atoms with Gasteiger partial charge in [-0.15, -0.1) is 0 Å². The molecule has 2 aromatic carbocycles. The van der Waals surface area contributed by atoms with Crippen LogP contribution >= 0.6 is 0 Å². The molecule has 17 heavy (non-hydrogen) atoms. The molecule has 0 aliphatic rings. The molecular weight excluding hydrogens is 213 g/mol. The molecule has 0 bridgehead atoms. The van der Waals surface area contributed by atoms with Crippen LogP contribution in [0.15, 0.2) is 36.4 Å². The molecule has 2 rings (SSSR count). The van der Waals surface area contributed by atoms with Crippen LogP contribution in [0.3, 0.4) is 0 Å². The van der Waals surface area contributed by atoms with Gasteiger partial charge >= 0.3 is 0 Å². The summed E-state index contributed by atoms with van der Waals surface area (Å²) in [6.45, 7) is 4.44. The van der Waals surface area contributed by atoms with Gasteiger partial charge < -0.3 is 5.73 Å². The number of aryl methyl sites for hydroxylation is 2. The summed E-state index contributed by atoms with van der Waals surface area (Å²) < 4.78 is 13.4. The second-order valence-corrected chi connectivity index (χ2v) is 4.43. The highest BCUT2D eigenvalue weighted by Gasteiger charge is 2.03. The number of hydrogen-bond acceptors (Lipinski definition) is 1. The van der Waals surface area contributed by atoms with Crippen LogP contribution < -0.4 is 5.73 Å². The summed E-state index contributed by atoms with van der Waals surface area (Å²) in [5, 5.41) is 0. The first kappa shape index (κ1) is 11.8. The Bertz CT molecular complexity index is 526. The topological polar surface area (TPSA) is 26.0 Å². The SMILES string of the molecule is Cc1cc(C)cc(-c2cc(F)cc(CN)c2)c1. The highest BCUT2D eigenvalue weighted by atomic mass is 19.1. The van der Waals surface area contributed by atoms with Crippen LogP contribution in [-0.2, 0) is 6.54 Å². The molecule has 0 heterocycles. The molecule has 0 radical (unpaired) electrons. The molecule has 1 nitrogen and oxygen atoms in total. The molecule has 0 spiro atoms. The Morgan fingerprint density at radius 3 is 2.06 bits per heavy atom. The normalized spacial score (nSPS) is 10.6. The van der Waals surface area contributed by atoms with Crippen LogP contribution in [0.2, 0.25) is 0 Å². The number of rotatable bonds is 2. The van der Waals surface area contributed by atoms with Crippen molar-refractivity contribution in [3.63, 3.8) is 0 Å². The molecule has 0 unspecified atom stereocenters. The molecule has 0 fully saturated rings. The van der Waals surface area contributed by atoms with E-state index in [-0.39, 0.29) is 5.82 Å². The van der Waals surface area contributed by atoms with E-state index < -0.39 is 0 Å². The second-order valence-electron chi connectivity index (χ2n) is 4.43. The molecule has 0 aliphatic carbocycles. The first-order valence-electron chi connectivity index (χ1n) is 5.66. The third-order valence-electron chi connectivity index (χ3n) is 2.75. The average molecular weight is 229 g/mol. The lowest BCUT2D eigenvalue weighted by Crippen LogP contribution is -1.97. The third kappa shape index (κ3) is 2.71. The van der Waals surface area contributed by atoms with E-state index in [0.29, 0.717) is 6.54 Å². The molecule has 2 heteroatoms. The summed E-state index contributed by atoms with van der Waals surface area (Å²) >= 11 is 0. The van der Waals surface area contributed by atoms with Gasteiger partial charge in [-0.25, -0.2) is 4.39 Å². The Kier molecular flexibility index (Phi) is 3.25. The fourth-order valence-electron chi connectivity index (χ4n) is 2.08. The predicted octanol–water partition coefficient (Wildman–Crippen LogP) is 3.57. The molecular formula is C15H16FN. The van der Waals surface area contributed by atoms with Gasteiger partial charge in [0, 0.05) is 6.54 Å². The maximum atomic E-state index is 13.4. The fourth-order valence-corrected chi connectivity index (χ4v) is 2.08. The predicted molar refractivity (Wildman–Crippen MR) is 69.2 cm³/mol. The van der Waals surface area contributed by atoms with E-state index in [0.717, 1.165) is 16.7 Å². The third-order valence-corrected chi connectivity index (χ3v) is 2.75. The summed E-state index contributed by atoms with van der Waals surface area (Å²) in [6.07, 6.45) is 0. The Morgan fingerprint density at radius 1 is 0.882 bits per heavy atom. The summed E-state index contributed by atoms with van der Waals surface area (Å²) in [6, 6.07) is 11.2. The molecule has 0 saturated carbocycles. The van der Waals surface area contributed by atoms with Crippen molar-refractivity contribution in [2.45, 2.75) is 20.4 Å². The van der Waals surface area contributed by atoms with Crippen LogP contribution in [0, 0.1) is 19.7 Å². The Morgan fingerprint density at radius 2 is 1.47 bits per heavy atom. The van der Waals surface area contributed by atoms with Crippen LogP contribution in [0.4, 0.5) is 4.39 Å². The van der Waals surface area contributed by atoms with E-state index in [1.807, 2.05) is 19.9 Å². The van der Waals surface area contributed by atoms with Crippen LogP contribution in [0.1, 0.15) is 16.7 Å². The number of halogens is 1. The molecule has 2 N–H and O–H groups in total. The zero-order chi connectivity index (χ0) is 12.4. The molecule has 88 valence electrons. The number of hydrogen-bond donors (Lipinski definition) is 1. The summed E-state index contributed by atoms with van der Waals surface area (Å²) in [5.74, 6) is -0.234. The van der Waals surface area contributed by atoms with Crippen molar-refractivity contribution in [1.29, 1.82) is 0 Å². The van der Waals surface area contributed by atoms with Gasteiger partial charge in [0.15, 0.2) is 0 Å². The minimum atomic E-state index is -0.234. The fraction of sp³-hybridized carbons (Fsp3) is 0.200. The summed E-state index contributed by atoms with van der Waals surface area (Å²) in [5.41, 5.74) is 10.7. The molecule has 0 saturated heterocycles.